The summed E-state index contributed by atoms with van der Waals surface area (Å²) in [7, 11) is 1.54. The third-order valence-corrected chi connectivity index (χ3v) is 3.99. The number of nitrogens with one attached hydrogen (secondary N) is 1. The maximum atomic E-state index is 13.4. The SMILES string of the molecule is CO[C@@H](CNC(=O)c1cccc2ccccc12)c1cccc(F)c1. The van der Waals surface area contributed by atoms with Crippen molar-refractivity contribution >= 4 is 16.7 Å². The second kappa shape index (κ2) is 7.23. The predicted octanol–water partition coefficient (Wildman–Crippen LogP) is 4.10. The van der Waals surface area contributed by atoms with Crippen LogP contribution in [0.25, 0.3) is 10.8 Å². The Morgan fingerprint density at radius 1 is 1.08 bits per heavy atom. The van der Waals surface area contributed by atoms with Crippen molar-refractivity contribution in [3.63, 3.8) is 0 Å². The summed E-state index contributed by atoms with van der Waals surface area (Å²) < 4.78 is 18.7. The summed E-state index contributed by atoms with van der Waals surface area (Å²) in [5.74, 6) is -0.500. The van der Waals surface area contributed by atoms with Crippen LogP contribution in [0.15, 0.2) is 66.7 Å². The number of hydrogen-bond donors (Lipinski definition) is 1. The van der Waals surface area contributed by atoms with Crippen LogP contribution in [0.1, 0.15) is 22.0 Å². The predicted molar refractivity (Wildman–Crippen MR) is 92.4 cm³/mol. The fraction of sp³-hybridized carbons (Fsp3) is 0.150. The molecule has 0 aromatic heterocycles. The highest BCUT2D eigenvalue weighted by Crippen LogP contribution is 2.20. The van der Waals surface area contributed by atoms with Gasteiger partial charge in [0.05, 0.1) is 6.10 Å². The molecule has 1 amide bonds. The second-order valence-electron chi connectivity index (χ2n) is 5.52. The molecular weight excluding hydrogens is 305 g/mol. The fourth-order valence-electron chi connectivity index (χ4n) is 2.75. The molecule has 3 aromatic carbocycles. The van der Waals surface area contributed by atoms with Crippen molar-refractivity contribution in [1.82, 2.24) is 5.32 Å². The van der Waals surface area contributed by atoms with Crippen molar-refractivity contribution in [2.45, 2.75) is 6.10 Å². The summed E-state index contributed by atoms with van der Waals surface area (Å²) in [5, 5.41) is 4.79. The van der Waals surface area contributed by atoms with E-state index in [1.165, 1.54) is 12.1 Å². The lowest BCUT2D eigenvalue weighted by molar-refractivity contribution is 0.0828. The third-order valence-electron chi connectivity index (χ3n) is 3.99. The van der Waals surface area contributed by atoms with Gasteiger partial charge in [-0.2, -0.15) is 0 Å². The monoisotopic (exact) mass is 323 g/mol. The fourth-order valence-corrected chi connectivity index (χ4v) is 2.75. The average Bonchev–Trinajstić information content (AvgIpc) is 2.61. The molecule has 0 aliphatic rings. The normalized spacial score (nSPS) is 12.1. The first-order chi connectivity index (χ1) is 11.7. The molecule has 3 aromatic rings. The zero-order chi connectivity index (χ0) is 16.9. The molecule has 0 heterocycles. The van der Waals surface area contributed by atoms with E-state index in [0.717, 1.165) is 10.8 Å². The molecule has 1 N–H and O–H groups in total. The smallest absolute Gasteiger partial charge is 0.252 e. The van der Waals surface area contributed by atoms with E-state index in [4.69, 9.17) is 4.74 Å². The molecule has 122 valence electrons. The average molecular weight is 323 g/mol. The van der Waals surface area contributed by atoms with Gasteiger partial charge in [-0.05, 0) is 34.5 Å². The minimum absolute atomic E-state index is 0.176. The van der Waals surface area contributed by atoms with E-state index in [1.807, 2.05) is 36.4 Å². The largest absolute Gasteiger partial charge is 0.375 e. The molecule has 1 atom stereocenters. The van der Waals surface area contributed by atoms with E-state index in [-0.39, 0.29) is 18.3 Å². The van der Waals surface area contributed by atoms with Gasteiger partial charge < -0.3 is 10.1 Å². The van der Waals surface area contributed by atoms with E-state index in [1.54, 1.807) is 25.3 Å². The number of ether oxygens (including phenoxy) is 1. The topological polar surface area (TPSA) is 38.3 Å². The van der Waals surface area contributed by atoms with Crippen LogP contribution in [0, 0.1) is 5.82 Å². The van der Waals surface area contributed by atoms with Crippen molar-refractivity contribution in [3.8, 4) is 0 Å². The number of rotatable bonds is 5. The van der Waals surface area contributed by atoms with Gasteiger partial charge in [-0.1, -0.05) is 48.5 Å². The lowest BCUT2D eigenvalue weighted by Crippen LogP contribution is -2.29. The summed E-state index contributed by atoms with van der Waals surface area (Å²) in [4.78, 5) is 12.5. The van der Waals surface area contributed by atoms with Crippen LogP contribution < -0.4 is 5.32 Å². The highest BCUT2D eigenvalue weighted by molar-refractivity contribution is 6.07. The molecule has 0 unspecified atom stereocenters. The van der Waals surface area contributed by atoms with E-state index in [9.17, 15) is 9.18 Å². The number of halogens is 1. The molecule has 0 bridgehead atoms. The molecular formula is C20H18FNO2. The lowest BCUT2D eigenvalue weighted by Gasteiger charge is -2.17. The molecule has 0 fully saturated rings. The lowest BCUT2D eigenvalue weighted by atomic mass is 10.0. The first-order valence-corrected chi connectivity index (χ1v) is 7.73. The van der Waals surface area contributed by atoms with E-state index in [2.05, 4.69) is 5.32 Å². The van der Waals surface area contributed by atoms with Crippen molar-refractivity contribution in [2.24, 2.45) is 0 Å². The third kappa shape index (κ3) is 3.44. The Kier molecular flexibility index (Phi) is 4.87. The minimum atomic E-state index is -0.403. The van der Waals surface area contributed by atoms with E-state index < -0.39 is 6.10 Å². The van der Waals surface area contributed by atoms with Gasteiger partial charge in [0.25, 0.3) is 5.91 Å². The van der Waals surface area contributed by atoms with Crippen molar-refractivity contribution in [1.29, 1.82) is 0 Å². The molecule has 0 saturated carbocycles. The Morgan fingerprint density at radius 3 is 2.62 bits per heavy atom. The van der Waals surface area contributed by atoms with E-state index in [0.29, 0.717) is 11.1 Å². The van der Waals surface area contributed by atoms with Crippen LogP contribution in [-0.4, -0.2) is 19.6 Å². The Morgan fingerprint density at radius 2 is 1.83 bits per heavy atom. The minimum Gasteiger partial charge on any atom is -0.375 e. The second-order valence-corrected chi connectivity index (χ2v) is 5.52. The number of carbonyl (C=O) groups excluding carboxylic acids is 1. The molecule has 0 radical (unpaired) electrons. The highest BCUT2D eigenvalue weighted by Gasteiger charge is 2.15. The summed E-state index contributed by atoms with van der Waals surface area (Å²) >= 11 is 0. The summed E-state index contributed by atoms with van der Waals surface area (Å²) in [5.41, 5.74) is 1.30. The number of amides is 1. The van der Waals surface area contributed by atoms with Crippen LogP contribution in [0.4, 0.5) is 4.39 Å². The van der Waals surface area contributed by atoms with E-state index >= 15 is 0 Å². The number of carbonyl (C=O) groups is 1. The number of hydrogen-bond acceptors (Lipinski definition) is 2. The zero-order valence-electron chi connectivity index (χ0n) is 13.3. The standard InChI is InChI=1S/C20H18FNO2/c1-24-19(15-8-4-9-16(21)12-15)13-22-20(23)18-11-5-7-14-6-2-3-10-17(14)18/h2-12,19H,13H2,1H3,(H,22,23)/t19-/m0/s1. The number of methoxy groups -OCH3 is 1. The molecule has 0 aliphatic carbocycles. The quantitative estimate of drug-likeness (QED) is 0.768. The Hall–Kier alpha value is -2.72. The maximum Gasteiger partial charge on any atom is 0.252 e. The number of fused-ring (bicyclic) bond motifs is 1. The molecule has 3 rings (SSSR count). The van der Waals surface area contributed by atoms with Gasteiger partial charge in [0.15, 0.2) is 0 Å². The van der Waals surface area contributed by atoms with Gasteiger partial charge in [-0.3, -0.25) is 4.79 Å². The Bertz CT molecular complexity index is 858. The van der Waals surface area contributed by atoms with Gasteiger partial charge >= 0.3 is 0 Å². The van der Waals surface area contributed by atoms with Crippen LogP contribution >= 0.6 is 0 Å². The Labute approximate surface area is 140 Å². The highest BCUT2D eigenvalue weighted by atomic mass is 19.1. The zero-order valence-corrected chi connectivity index (χ0v) is 13.3. The first kappa shape index (κ1) is 16.1. The van der Waals surface area contributed by atoms with Gasteiger partial charge in [-0.15, -0.1) is 0 Å². The van der Waals surface area contributed by atoms with Crippen molar-refractivity contribution < 1.29 is 13.9 Å². The molecule has 3 nitrogen and oxygen atoms in total. The Balaban J connectivity index is 1.76. The van der Waals surface area contributed by atoms with Crippen molar-refractivity contribution in [3.05, 3.63) is 83.7 Å². The first-order valence-electron chi connectivity index (χ1n) is 7.73. The summed E-state index contributed by atoms with van der Waals surface area (Å²) in [6, 6.07) is 19.6. The van der Waals surface area contributed by atoms with Crippen molar-refractivity contribution in [2.75, 3.05) is 13.7 Å². The van der Waals surface area contributed by atoms with Crippen LogP contribution in [0.2, 0.25) is 0 Å². The summed E-state index contributed by atoms with van der Waals surface area (Å²) in [6.07, 6.45) is -0.403. The molecule has 0 aliphatic heterocycles. The molecule has 0 spiro atoms. The van der Waals surface area contributed by atoms with Gasteiger partial charge in [-0.25, -0.2) is 4.39 Å². The molecule has 0 saturated heterocycles. The number of benzene rings is 3. The maximum absolute atomic E-state index is 13.4. The van der Waals surface area contributed by atoms with Crippen LogP contribution in [0.3, 0.4) is 0 Å². The van der Waals surface area contributed by atoms with Gasteiger partial charge in [0.2, 0.25) is 0 Å². The summed E-state index contributed by atoms with van der Waals surface area (Å²) in [6.45, 7) is 0.266. The van der Waals surface area contributed by atoms with Gasteiger partial charge in [0.1, 0.15) is 5.82 Å². The molecule has 24 heavy (non-hydrogen) atoms. The van der Waals surface area contributed by atoms with Gasteiger partial charge in [0, 0.05) is 19.2 Å². The van der Waals surface area contributed by atoms with Crippen LogP contribution in [-0.2, 0) is 4.74 Å². The molecule has 4 heteroatoms. The van der Waals surface area contributed by atoms with Crippen LogP contribution in [0.5, 0.6) is 0 Å².